The largest absolute Gasteiger partial charge is 0.412 e. The highest BCUT2D eigenvalue weighted by molar-refractivity contribution is 8.24. The monoisotopic (exact) mass is 387 g/mol. The van der Waals surface area contributed by atoms with Gasteiger partial charge < -0.3 is 10.6 Å². The van der Waals surface area contributed by atoms with Crippen molar-refractivity contribution in [2.75, 3.05) is 4.90 Å². The lowest BCUT2D eigenvalue weighted by Gasteiger charge is -2.49. The molecule has 4 rings (SSSR count). The third-order valence-electron chi connectivity index (χ3n) is 5.40. The number of nitrogens with zero attached hydrogens (tertiary/aromatic N) is 1. The van der Waals surface area contributed by atoms with Crippen molar-refractivity contribution in [1.29, 1.82) is 0 Å². The maximum Gasteiger partial charge on any atom is 0.165 e. The number of aliphatic hydroxyl groups is 1. The van der Waals surface area contributed by atoms with Crippen LogP contribution in [0.3, 0.4) is 0 Å². The Balaban J connectivity index is 0.00000196. The van der Waals surface area contributed by atoms with E-state index in [-0.39, 0.29) is 23.6 Å². The Labute approximate surface area is 162 Å². The van der Waals surface area contributed by atoms with Gasteiger partial charge in [-0.1, -0.05) is 72.5 Å². The molecule has 26 heavy (non-hydrogen) atoms. The highest BCUT2D eigenvalue weighted by Gasteiger charge is 2.66. The van der Waals surface area contributed by atoms with E-state index in [2.05, 4.69) is 0 Å². The Morgan fingerprint density at radius 3 is 2.31 bits per heavy atom. The number of thiocarbonyl (C=S) groups is 1. The molecule has 4 nitrogen and oxygen atoms in total. The first-order valence-corrected chi connectivity index (χ1v) is 9.55. The molecule has 0 aromatic heterocycles. The van der Waals surface area contributed by atoms with Gasteiger partial charge in [-0.15, -0.1) is 0 Å². The first-order valence-electron chi connectivity index (χ1n) is 8.33. The van der Waals surface area contributed by atoms with Crippen molar-refractivity contribution in [3.8, 4) is 0 Å². The van der Waals surface area contributed by atoms with Gasteiger partial charge in [0.25, 0.3) is 0 Å². The van der Waals surface area contributed by atoms with E-state index in [1.54, 1.807) is 4.90 Å². The minimum absolute atomic E-state index is 0. The van der Waals surface area contributed by atoms with Crippen molar-refractivity contribution in [3.05, 3.63) is 66.2 Å². The number of para-hydroxylation sites is 1. The predicted molar refractivity (Wildman–Crippen MR) is 110 cm³/mol. The zero-order valence-corrected chi connectivity index (χ0v) is 16.0. The molecule has 1 aliphatic carbocycles. The fourth-order valence-corrected chi connectivity index (χ4v) is 6.25. The smallest absolute Gasteiger partial charge is 0.165 e. The molecule has 1 saturated heterocycles. The van der Waals surface area contributed by atoms with E-state index < -0.39 is 10.5 Å². The molecule has 2 fully saturated rings. The molecule has 0 spiro atoms. The summed E-state index contributed by atoms with van der Waals surface area (Å²) >= 11 is 7.15. The molecule has 0 unspecified atom stereocenters. The Morgan fingerprint density at radius 1 is 1.12 bits per heavy atom. The summed E-state index contributed by atoms with van der Waals surface area (Å²) in [7, 11) is 0. The van der Waals surface area contributed by atoms with Gasteiger partial charge in [-0.25, -0.2) is 0 Å². The zero-order valence-electron chi connectivity index (χ0n) is 14.4. The van der Waals surface area contributed by atoms with Gasteiger partial charge in [0.15, 0.2) is 5.72 Å². The normalized spacial score (nSPS) is 30.7. The molecule has 3 N–H and O–H groups in total. The molecular weight excluding hydrogens is 366 g/mol. The Bertz CT molecular complexity index is 829. The third kappa shape index (κ3) is 2.68. The number of carbonyl (C=O) groups is 1. The fraction of sp³-hybridized carbons (Fsp3) is 0.300. The van der Waals surface area contributed by atoms with Crippen LogP contribution in [0.5, 0.6) is 0 Å². The van der Waals surface area contributed by atoms with E-state index in [1.807, 2.05) is 67.6 Å². The summed E-state index contributed by atoms with van der Waals surface area (Å²) in [6.45, 7) is 2.04. The van der Waals surface area contributed by atoms with Crippen LogP contribution in [-0.4, -0.2) is 31.2 Å². The van der Waals surface area contributed by atoms with Gasteiger partial charge in [0.05, 0.1) is 11.2 Å². The van der Waals surface area contributed by atoms with Gasteiger partial charge in [-0.05, 0) is 24.6 Å². The molecule has 0 amide bonds. The van der Waals surface area contributed by atoms with Crippen molar-refractivity contribution in [2.45, 2.75) is 36.2 Å². The molecule has 1 aliphatic heterocycles. The van der Waals surface area contributed by atoms with Gasteiger partial charge >= 0.3 is 0 Å². The summed E-state index contributed by atoms with van der Waals surface area (Å²) in [5, 5.41) is 11.8. The Kier molecular flexibility index (Phi) is 4.96. The van der Waals surface area contributed by atoms with Crippen molar-refractivity contribution in [1.82, 2.24) is 0 Å². The fourth-order valence-electron chi connectivity index (χ4n) is 4.07. The maximum absolute atomic E-state index is 12.6. The van der Waals surface area contributed by atoms with Gasteiger partial charge in [-0.2, -0.15) is 0 Å². The lowest BCUT2D eigenvalue weighted by atomic mass is 9.69. The SMILES string of the molecule is C[C@@]12SC(=S)N(c3ccccc3)[C@]1(O)CC(=O)C[C@H]2c1ccccc1.O. The van der Waals surface area contributed by atoms with Gasteiger partial charge in [-0.3, -0.25) is 9.69 Å². The van der Waals surface area contributed by atoms with Crippen LogP contribution in [0.15, 0.2) is 60.7 Å². The van der Waals surface area contributed by atoms with E-state index in [4.69, 9.17) is 12.2 Å². The lowest BCUT2D eigenvalue weighted by molar-refractivity contribution is -0.130. The number of thioether (sulfide) groups is 1. The zero-order chi connectivity index (χ0) is 17.7. The van der Waals surface area contributed by atoms with E-state index >= 15 is 0 Å². The molecule has 2 aromatic rings. The van der Waals surface area contributed by atoms with E-state index in [0.717, 1.165) is 11.3 Å². The number of benzene rings is 2. The van der Waals surface area contributed by atoms with E-state index in [1.165, 1.54) is 11.8 Å². The quantitative estimate of drug-likeness (QED) is 0.801. The third-order valence-corrected chi connectivity index (χ3v) is 7.23. The molecular formula is C20H21NO3S2. The van der Waals surface area contributed by atoms with Crippen LogP contribution >= 0.6 is 24.0 Å². The average molecular weight is 388 g/mol. The molecule has 1 heterocycles. The van der Waals surface area contributed by atoms with Crippen LogP contribution in [0.4, 0.5) is 5.69 Å². The van der Waals surface area contributed by atoms with Crippen LogP contribution < -0.4 is 4.90 Å². The van der Waals surface area contributed by atoms with Crippen LogP contribution in [-0.2, 0) is 4.79 Å². The number of Topliss-reactive ketones (excluding diaryl/α,β-unsaturated/α-hetero) is 1. The first kappa shape index (κ1) is 19.0. The van der Waals surface area contributed by atoms with Crippen molar-refractivity contribution in [2.24, 2.45) is 0 Å². The van der Waals surface area contributed by atoms with Gasteiger partial charge in [0.1, 0.15) is 10.1 Å². The second-order valence-electron chi connectivity index (χ2n) is 6.85. The molecule has 1 saturated carbocycles. The summed E-state index contributed by atoms with van der Waals surface area (Å²) in [6.07, 6.45) is 0.524. The van der Waals surface area contributed by atoms with Crippen molar-refractivity contribution < 1.29 is 15.4 Å². The highest BCUT2D eigenvalue weighted by atomic mass is 32.2. The van der Waals surface area contributed by atoms with Crippen LogP contribution in [0, 0.1) is 0 Å². The maximum atomic E-state index is 12.6. The number of anilines is 1. The number of ketones is 1. The lowest BCUT2D eigenvalue weighted by Crippen LogP contribution is -2.62. The van der Waals surface area contributed by atoms with E-state index in [0.29, 0.717) is 10.7 Å². The number of fused-ring (bicyclic) bond motifs is 1. The Morgan fingerprint density at radius 2 is 1.69 bits per heavy atom. The summed E-state index contributed by atoms with van der Waals surface area (Å²) < 4.78 is 0.0293. The van der Waals surface area contributed by atoms with Gasteiger partial charge in [0, 0.05) is 18.0 Å². The van der Waals surface area contributed by atoms with Crippen molar-refractivity contribution in [3.63, 3.8) is 0 Å². The standard InChI is InChI=1S/C20H19NO2S2.H2O/c1-19-17(14-8-4-2-5-9-14)12-16(22)13-20(19,23)21(18(24)25-19)15-10-6-3-7-11-15;/h2-11,17,23H,12-13H2,1H3;1H2/t17-,19-,20-;/m0./s1. The molecule has 2 aromatic carbocycles. The van der Waals surface area contributed by atoms with Crippen molar-refractivity contribution >= 4 is 39.8 Å². The topological polar surface area (TPSA) is 72.0 Å². The predicted octanol–water partition coefficient (Wildman–Crippen LogP) is 3.29. The minimum Gasteiger partial charge on any atom is -0.412 e. The molecule has 0 radical (unpaired) electrons. The molecule has 2 aliphatic rings. The molecule has 0 bridgehead atoms. The first-order chi connectivity index (χ1) is 12.0. The summed E-state index contributed by atoms with van der Waals surface area (Å²) in [4.78, 5) is 14.4. The number of carbonyl (C=O) groups excluding carboxylic acids is 1. The Hall–Kier alpha value is -1.73. The second kappa shape index (κ2) is 6.78. The van der Waals surface area contributed by atoms with E-state index in [9.17, 15) is 9.90 Å². The number of hydrogen-bond donors (Lipinski definition) is 1. The van der Waals surface area contributed by atoms with Crippen LogP contribution in [0.25, 0.3) is 0 Å². The number of rotatable bonds is 2. The summed E-state index contributed by atoms with van der Waals surface area (Å²) in [5.74, 6) is -0.0170. The van der Waals surface area contributed by atoms with Crippen LogP contribution in [0.2, 0.25) is 0 Å². The average Bonchev–Trinajstić information content (AvgIpc) is 2.81. The summed E-state index contributed by atoms with van der Waals surface area (Å²) in [5.41, 5.74) is 0.570. The molecule has 136 valence electrons. The van der Waals surface area contributed by atoms with Gasteiger partial charge in [0.2, 0.25) is 0 Å². The molecule has 6 heteroatoms. The number of hydrogen-bond acceptors (Lipinski definition) is 4. The van der Waals surface area contributed by atoms with Crippen LogP contribution in [0.1, 0.15) is 31.2 Å². The highest BCUT2D eigenvalue weighted by Crippen LogP contribution is 2.60. The second-order valence-corrected chi connectivity index (χ2v) is 8.93. The minimum atomic E-state index is -1.33. The summed E-state index contributed by atoms with van der Waals surface area (Å²) in [6, 6.07) is 19.6. The molecule has 3 atom stereocenters.